The molecule has 43 heavy (non-hydrogen) atoms. The molecule has 0 spiro atoms. The summed E-state index contributed by atoms with van der Waals surface area (Å²) in [5.41, 5.74) is 0.990. The lowest BCUT2D eigenvalue weighted by molar-refractivity contribution is -0.142. The van der Waals surface area contributed by atoms with Crippen molar-refractivity contribution in [3.63, 3.8) is 0 Å². The van der Waals surface area contributed by atoms with Crippen LogP contribution in [-0.4, -0.2) is 77.3 Å². The van der Waals surface area contributed by atoms with Crippen LogP contribution in [0.1, 0.15) is 43.7 Å². The number of hydrogen-bond acceptors (Lipinski definition) is 5. The molecule has 0 radical (unpaired) electrons. The molecule has 1 aliphatic rings. The number of amides is 3. The van der Waals surface area contributed by atoms with Gasteiger partial charge in [-0.2, -0.15) is 13.2 Å². The number of carboxylic acids is 2. The van der Waals surface area contributed by atoms with E-state index < -0.39 is 41.7 Å². The molecule has 2 aromatic carbocycles. The minimum Gasteiger partial charge on any atom is -0.481 e. The van der Waals surface area contributed by atoms with Crippen LogP contribution in [0.2, 0.25) is 0 Å². The molecule has 234 valence electrons. The Morgan fingerprint density at radius 2 is 1.63 bits per heavy atom. The Bertz CT molecular complexity index is 1250. The summed E-state index contributed by atoms with van der Waals surface area (Å²) in [5, 5.41) is 27.7. The van der Waals surface area contributed by atoms with E-state index in [1.165, 1.54) is 17.0 Å². The van der Waals surface area contributed by atoms with Crippen molar-refractivity contribution in [3.8, 4) is 11.1 Å². The van der Waals surface area contributed by atoms with Gasteiger partial charge in [0.1, 0.15) is 6.04 Å². The van der Waals surface area contributed by atoms with Crippen molar-refractivity contribution in [2.45, 2.75) is 57.3 Å². The third-order valence-corrected chi connectivity index (χ3v) is 7.29. The minimum atomic E-state index is -4.44. The van der Waals surface area contributed by atoms with E-state index in [9.17, 15) is 42.6 Å². The summed E-state index contributed by atoms with van der Waals surface area (Å²) < 4.78 is 38.6. The topological polar surface area (TPSA) is 148 Å². The van der Waals surface area contributed by atoms with E-state index in [0.29, 0.717) is 42.5 Å². The van der Waals surface area contributed by atoms with Crippen molar-refractivity contribution in [1.82, 2.24) is 20.9 Å². The smallest absolute Gasteiger partial charge is 0.416 e. The van der Waals surface area contributed by atoms with E-state index >= 15 is 0 Å². The van der Waals surface area contributed by atoms with Gasteiger partial charge < -0.3 is 31.1 Å². The standard InChI is InChI=1S/C30H37F3N4O6/c1-2-3-15-37(18-22(27(39)40)17-35-26(38)24-5-4-14-34-24)29(43)36-25(28(41)42)16-19-6-8-20(9-7-19)21-10-12-23(13-11-21)30(31,32)33/h6-13,22,24-25,34H,2-5,14-18H2,1H3,(H,35,38)(H,36,43)(H,39,40)(H,41,42)/t22-,24+,25+/m1/s1. The molecular formula is C30H37F3N4O6. The molecule has 0 aliphatic carbocycles. The fourth-order valence-corrected chi connectivity index (χ4v) is 4.74. The third kappa shape index (κ3) is 9.98. The fraction of sp³-hybridized carbons (Fsp3) is 0.467. The molecule has 0 aromatic heterocycles. The number of carbonyl (C=O) groups excluding carboxylic acids is 2. The molecule has 0 unspecified atom stereocenters. The van der Waals surface area contributed by atoms with E-state index in [2.05, 4.69) is 16.0 Å². The Morgan fingerprint density at radius 1 is 1.00 bits per heavy atom. The number of rotatable bonds is 14. The van der Waals surface area contributed by atoms with Gasteiger partial charge in [0.05, 0.1) is 17.5 Å². The molecule has 1 aliphatic heterocycles. The van der Waals surface area contributed by atoms with Gasteiger partial charge in [-0.3, -0.25) is 9.59 Å². The first-order valence-corrected chi connectivity index (χ1v) is 14.2. The third-order valence-electron chi connectivity index (χ3n) is 7.29. The van der Waals surface area contributed by atoms with Crippen molar-refractivity contribution in [2.24, 2.45) is 5.92 Å². The first kappa shape index (κ1) is 33.4. The number of nitrogens with one attached hydrogen (secondary N) is 3. The van der Waals surface area contributed by atoms with Crippen LogP contribution >= 0.6 is 0 Å². The number of carboxylic acid groups (broad SMARTS) is 2. The molecule has 3 rings (SSSR count). The van der Waals surface area contributed by atoms with Crippen LogP contribution in [0.25, 0.3) is 11.1 Å². The second-order valence-electron chi connectivity index (χ2n) is 10.5. The van der Waals surface area contributed by atoms with Gasteiger partial charge in [-0.05, 0) is 54.6 Å². The number of halogens is 3. The summed E-state index contributed by atoms with van der Waals surface area (Å²) in [7, 11) is 0. The van der Waals surface area contributed by atoms with Gasteiger partial charge >= 0.3 is 24.1 Å². The normalized spacial score (nSPS) is 16.2. The zero-order valence-electron chi connectivity index (χ0n) is 23.8. The average molecular weight is 607 g/mol. The monoisotopic (exact) mass is 606 g/mol. The summed E-state index contributed by atoms with van der Waals surface area (Å²) in [4.78, 5) is 50.8. The van der Waals surface area contributed by atoms with Gasteiger partial charge in [0.2, 0.25) is 5.91 Å². The number of alkyl halides is 3. The van der Waals surface area contributed by atoms with E-state index in [1.54, 1.807) is 24.3 Å². The lowest BCUT2D eigenvalue weighted by atomic mass is 10.00. The van der Waals surface area contributed by atoms with Gasteiger partial charge in [-0.15, -0.1) is 0 Å². The van der Waals surface area contributed by atoms with Crippen molar-refractivity contribution in [1.29, 1.82) is 0 Å². The number of unbranched alkanes of at least 4 members (excludes halogenated alkanes) is 1. The van der Waals surface area contributed by atoms with E-state index in [0.717, 1.165) is 18.6 Å². The first-order chi connectivity index (χ1) is 20.4. The summed E-state index contributed by atoms with van der Waals surface area (Å²) in [6.07, 6.45) is -1.76. The minimum absolute atomic E-state index is 0.0806. The van der Waals surface area contributed by atoms with Crippen molar-refractivity contribution in [3.05, 3.63) is 59.7 Å². The predicted molar refractivity (Wildman–Crippen MR) is 152 cm³/mol. The molecule has 3 amide bonds. The van der Waals surface area contributed by atoms with Crippen LogP contribution in [0.15, 0.2) is 48.5 Å². The van der Waals surface area contributed by atoms with Crippen LogP contribution in [-0.2, 0) is 27.0 Å². The molecule has 0 saturated carbocycles. The van der Waals surface area contributed by atoms with Crippen molar-refractivity contribution in [2.75, 3.05) is 26.2 Å². The molecule has 1 saturated heterocycles. The number of benzene rings is 2. The van der Waals surface area contributed by atoms with Crippen molar-refractivity contribution >= 4 is 23.9 Å². The Hall–Kier alpha value is -4.13. The van der Waals surface area contributed by atoms with Crippen LogP contribution in [0.5, 0.6) is 0 Å². The maximum atomic E-state index is 13.2. The molecule has 3 atom stereocenters. The van der Waals surface area contributed by atoms with E-state index in [1.807, 2.05) is 6.92 Å². The summed E-state index contributed by atoms with van der Waals surface area (Å²) in [6, 6.07) is 8.79. The molecule has 10 nitrogen and oxygen atoms in total. The molecule has 1 heterocycles. The summed E-state index contributed by atoms with van der Waals surface area (Å²) in [5.74, 6) is -3.89. The van der Waals surface area contributed by atoms with Gasteiger partial charge in [0.15, 0.2) is 0 Å². The Balaban J connectivity index is 1.65. The number of hydrogen-bond donors (Lipinski definition) is 5. The van der Waals surface area contributed by atoms with Crippen LogP contribution in [0.3, 0.4) is 0 Å². The highest BCUT2D eigenvalue weighted by Crippen LogP contribution is 2.31. The van der Waals surface area contributed by atoms with E-state index in [4.69, 9.17) is 0 Å². The maximum absolute atomic E-state index is 13.2. The van der Waals surface area contributed by atoms with Crippen LogP contribution < -0.4 is 16.0 Å². The number of nitrogens with zero attached hydrogens (tertiary/aromatic N) is 1. The number of carbonyl (C=O) groups is 4. The second kappa shape index (κ2) is 15.4. The first-order valence-electron chi connectivity index (χ1n) is 14.2. The van der Waals surface area contributed by atoms with Crippen molar-refractivity contribution < 1.29 is 42.6 Å². The lowest BCUT2D eigenvalue weighted by Crippen LogP contribution is -2.52. The largest absolute Gasteiger partial charge is 0.481 e. The predicted octanol–water partition coefficient (Wildman–Crippen LogP) is 3.75. The molecule has 5 N–H and O–H groups in total. The average Bonchev–Trinajstić information content (AvgIpc) is 3.51. The summed E-state index contributed by atoms with van der Waals surface area (Å²) >= 11 is 0. The SMILES string of the molecule is CCCCN(C[C@@H](CNC(=O)[C@@H]1CCCN1)C(=O)O)C(=O)N[C@@H](Cc1ccc(-c2ccc(C(F)(F)F)cc2)cc1)C(=O)O. The second-order valence-corrected chi connectivity index (χ2v) is 10.5. The summed E-state index contributed by atoms with van der Waals surface area (Å²) in [6.45, 7) is 2.38. The highest BCUT2D eigenvalue weighted by atomic mass is 19.4. The Labute approximate surface area is 247 Å². The highest BCUT2D eigenvalue weighted by molar-refractivity contribution is 5.84. The zero-order chi connectivity index (χ0) is 31.6. The van der Waals surface area contributed by atoms with Gasteiger partial charge in [0.25, 0.3) is 0 Å². The zero-order valence-corrected chi connectivity index (χ0v) is 23.8. The molecule has 0 bridgehead atoms. The molecular weight excluding hydrogens is 569 g/mol. The van der Waals surface area contributed by atoms with Gasteiger partial charge in [-0.1, -0.05) is 49.7 Å². The highest BCUT2D eigenvalue weighted by Gasteiger charge is 2.31. The molecule has 13 heteroatoms. The Kier molecular flexibility index (Phi) is 11.9. The van der Waals surface area contributed by atoms with Gasteiger partial charge in [-0.25, -0.2) is 9.59 Å². The molecule has 1 fully saturated rings. The quantitative estimate of drug-likeness (QED) is 0.220. The van der Waals surface area contributed by atoms with Crippen LogP contribution in [0.4, 0.5) is 18.0 Å². The maximum Gasteiger partial charge on any atom is 0.416 e. The van der Waals surface area contributed by atoms with Gasteiger partial charge in [0, 0.05) is 26.1 Å². The van der Waals surface area contributed by atoms with Crippen LogP contribution in [0, 0.1) is 5.92 Å². The number of aliphatic carboxylic acids is 2. The Morgan fingerprint density at radius 3 is 2.14 bits per heavy atom. The lowest BCUT2D eigenvalue weighted by Gasteiger charge is -2.28. The molecule has 2 aromatic rings. The van der Waals surface area contributed by atoms with E-state index in [-0.39, 0.29) is 38.0 Å². The number of urea groups is 1. The fourth-order valence-electron chi connectivity index (χ4n) is 4.74.